The van der Waals surface area contributed by atoms with Crippen LogP contribution in [0.25, 0.3) is 0 Å². The second-order valence-electron chi connectivity index (χ2n) is 5.86. The Morgan fingerprint density at radius 2 is 2.08 bits per heavy atom. The van der Waals surface area contributed by atoms with Gasteiger partial charge in [-0.2, -0.15) is 13.5 Å². The Hall–Kier alpha value is -1.51. The molecule has 2 unspecified atom stereocenters. The number of piperidine rings is 1. The van der Waals surface area contributed by atoms with Crippen molar-refractivity contribution in [3.8, 4) is 0 Å². The van der Waals surface area contributed by atoms with Crippen molar-refractivity contribution >= 4 is 22.3 Å². The van der Waals surface area contributed by atoms with Gasteiger partial charge in [0.2, 0.25) is 0 Å². The van der Waals surface area contributed by atoms with Crippen molar-refractivity contribution in [1.29, 1.82) is 0 Å². The number of aliphatic hydroxyl groups is 1. The smallest absolute Gasteiger partial charge is 0.389 e. The van der Waals surface area contributed by atoms with Crippen LogP contribution in [0, 0.1) is 0 Å². The summed E-state index contributed by atoms with van der Waals surface area (Å²) in [6.45, 7) is 0.838. The van der Waals surface area contributed by atoms with Gasteiger partial charge in [0, 0.05) is 19.6 Å². The van der Waals surface area contributed by atoms with Gasteiger partial charge >= 0.3 is 16.4 Å². The number of hydrogen-bond acceptors (Lipinski definition) is 8. The molecule has 0 saturated carbocycles. The van der Waals surface area contributed by atoms with Gasteiger partial charge in [0.1, 0.15) is 12.1 Å². The topological polar surface area (TPSA) is 158 Å². The molecule has 12 nitrogen and oxygen atoms in total. The Morgan fingerprint density at radius 1 is 1.33 bits per heavy atom. The number of β-amino-alcohol motifs (C(OH)–C–C–N with tert-alkyl or cyclic N) is 1. The molecule has 3 amide bonds. The summed E-state index contributed by atoms with van der Waals surface area (Å²) in [7, 11) is -4.83. The van der Waals surface area contributed by atoms with Gasteiger partial charge in [0.15, 0.2) is 0 Å². The van der Waals surface area contributed by atoms with Gasteiger partial charge in [-0.15, -0.1) is 4.28 Å². The fraction of sp³-hybridized carbons (Fsp3) is 0.818. The third-order valence-corrected chi connectivity index (χ3v) is 4.59. The maximum atomic E-state index is 12.2. The third kappa shape index (κ3) is 3.45. The molecular weight excluding hydrogens is 348 g/mol. The van der Waals surface area contributed by atoms with Gasteiger partial charge in [-0.1, -0.05) is 0 Å². The maximum Gasteiger partial charge on any atom is 0.418 e. The van der Waals surface area contributed by atoms with Crippen LogP contribution in [-0.2, 0) is 24.3 Å². The maximum absolute atomic E-state index is 12.2. The number of aliphatic hydroxyl groups excluding tert-OH is 1. The highest BCUT2D eigenvalue weighted by atomic mass is 32.3. The molecule has 0 radical (unpaired) electrons. The van der Waals surface area contributed by atoms with Crippen molar-refractivity contribution in [3.63, 3.8) is 0 Å². The number of carbonyl (C=O) groups excluding carboxylic acids is 2. The van der Waals surface area contributed by atoms with Gasteiger partial charge in [-0.3, -0.25) is 14.2 Å². The van der Waals surface area contributed by atoms with Crippen LogP contribution in [0.3, 0.4) is 0 Å². The van der Waals surface area contributed by atoms with E-state index in [1.165, 1.54) is 0 Å². The highest BCUT2D eigenvalue weighted by Crippen LogP contribution is 2.30. The van der Waals surface area contributed by atoms with Crippen molar-refractivity contribution < 1.29 is 36.8 Å². The highest BCUT2D eigenvalue weighted by molar-refractivity contribution is 7.80. The number of hydrogen-bond donors (Lipinski definition) is 4. The lowest BCUT2D eigenvalue weighted by Crippen LogP contribution is -2.51. The molecule has 3 aliphatic rings. The van der Waals surface area contributed by atoms with E-state index >= 15 is 0 Å². The van der Waals surface area contributed by atoms with Crippen molar-refractivity contribution in [2.24, 2.45) is 0 Å². The molecule has 136 valence electrons. The molecule has 0 aromatic heterocycles. The molecule has 3 fully saturated rings. The Bertz CT molecular complexity index is 628. The normalized spacial score (nSPS) is 33.2. The fourth-order valence-electron chi connectivity index (χ4n) is 3.07. The van der Waals surface area contributed by atoms with E-state index in [4.69, 9.17) is 9.39 Å². The molecule has 0 aromatic carbocycles. The molecule has 4 atom stereocenters. The first-order chi connectivity index (χ1) is 11.3. The summed E-state index contributed by atoms with van der Waals surface area (Å²) in [5.74, 6) is -0.574. The number of carbonyl (C=O) groups is 2. The largest absolute Gasteiger partial charge is 0.418 e. The summed E-state index contributed by atoms with van der Waals surface area (Å²) in [6.07, 6.45) is -0.724. The first-order valence-corrected chi connectivity index (χ1v) is 8.74. The summed E-state index contributed by atoms with van der Waals surface area (Å²) in [5.41, 5.74) is 2.23. The van der Waals surface area contributed by atoms with Crippen LogP contribution in [-0.4, -0.2) is 83.9 Å². The van der Waals surface area contributed by atoms with Crippen LogP contribution >= 0.6 is 0 Å². The first kappa shape index (κ1) is 17.3. The number of hydroxylamine groups is 3. The SMILES string of the molecule is O=C(NOC1CNCC1O)[C@@H]1CC[C@@H]2CN1C(=O)N2OS(=O)(=O)O. The van der Waals surface area contributed by atoms with Gasteiger partial charge in [0.25, 0.3) is 5.91 Å². The molecule has 13 heteroatoms. The van der Waals surface area contributed by atoms with Crippen LogP contribution in [0.2, 0.25) is 0 Å². The zero-order valence-corrected chi connectivity index (χ0v) is 13.3. The standard InChI is InChI=1S/C11H18N4O8S/c16-8-3-12-4-9(8)22-13-10(17)7-2-1-6-5-14(7)11(18)15(6)23-24(19,20)21/h6-9,12,16H,1-5H2,(H,13,17)(H,19,20,21)/t6-,7+,8?,9?/m1/s1. The van der Waals surface area contributed by atoms with E-state index in [2.05, 4.69) is 15.1 Å². The summed E-state index contributed by atoms with van der Waals surface area (Å²) in [4.78, 5) is 30.7. The predicted molar refractivity (Wildman–Crippen MR) is 75.3 cm³/mol. The summed E-state index contributed by atoms with van der Waals surface area (Å²) in [5, 5.41) is 13.1. The molecule has 0 aliphatic carbocycles. The van der Waals surface area contributed by atoms with Crippen LogP contribution in [0.1, 0.15) is 12.8 Å². The van der Waals surface area contributed by atoms with Crippen LogP contribution in [0.15, 0.2) is 0 Å². The second kappa shape index (κ2) is 6.42. The summed E-state index contributed by atoms with van der Waals surface area (Å²) >= 11 is 0. The van der Waals surface area contributed by atoms with Gasteiger partial charge in [-0.25, -0.2) is 10.3 Å². The number of nitrogens with zero attached hydrogens (tertiary/aromatic N) is 2. The molecule has 0 spiro atoms. The lowest BCUT2D eigenvalue weighted by molar-refractivity contribution is -0.146. The molecule has 3 heterocycles. The minimum Gasteiger partial charge on any atom is -0.389 e. The zero-order valence-electron chi connectivity index (χ0n) is 12.5. The lowest BCUT2D eigenvalue weighted by Gasteiger charge is -2.29. The fourth-order valence-corrected chi connectivity index (χ4v) is 3.46. The first-order valence-electron chi connectivity index (χ1n) is 7.37. The molecule has 2 bridgehead atoms. The van der Waals surface area contributed by atoms with E-state index in [-0.39, 0.29) is 13.0 Å². The number of rotatable bonds is 5. The third-order valence-electron chi connectivity index (χ3n) is 4.24. The molecule has 3 aliphatic heterocycles. The monoisotopic (exact) mass is 366 g/mol. The number of fused-ring (bicyclic) bond motifs is 2. The molecular formula is C11H18N4O8S. The van der Waals surface area contributed by atoms with Crippen molar-refractivity contribution in [3.05, 3.63) is 0 Å². The number of nitrogens with one attached hydrogen (secondary N) is 2. The molecule has 0 aromatic rings. The minimum atomic E-state index is -4.83. The summed E-state index contributed by atoms with van der Waals surface area (Å²) in [6, 6.07) is -2.24. The molecule has 3 rings (SSSR count). The van der Waals surface area contributed by atoms with E-state index in [0.717, 1.165) is 4.90 Å². The number of urea groups is 1. The summed E-state index contributed by atoms with van der Waals surface area (Å²) < 4.78 is 34.6. The predicted octanol–water partition coefficient (Wildman–Crippen LogP) is -2.63. The average molecular weight is 366 g/mol. The second-order valence-corrected chi connectivity index (χ2v) is 6.86. The quantitative estimate of drug-likeness (QED) is 0.302. The van der Waals surface area contributed by atoms with E-state index in [9.17, 15) is 23.1 Å². The van der Waals surface area contributed by atoms with Gasteiger partial charge in [-0.05, 0) is 12.8 Å². The van der Waals surface area contributed by atoms with Gasteiger partial charge in [0.05, 0.1) is 12.1 Å². The Labute approximate surface area is 137 Å². The van der Waals surface area contributed by atoms with Crippen molar-refractivity contribution in [2.45, 2.75) is 37.1 Å². The average Bonchev–Trinajstić information content (AvgIpc) is 3.01. The zero-order chi connectivity index (χ0) is 17.5. The van der Waals surface area contributed by atoms with Gasteiger partial charge < -0.3 is 15.3 Å². The lowest BCUT2D eigenvalue weighted by atomic mass is 10.0. The molecule has 24 heavy (non-hydrogen) atoms. The van der Waals surface area contributed by atoms with E-state index in [1.807, 2.05) is 0 Å². The van der Waals surface area contributed by atoms with Crippen molar-refractivity contribution in [1.82, 2.24) is 20.8 Å². The van der Waals surface area contributed by atoms with Crippen LogP contribution in [0.5, 0.6) is 0 Å². The highest BCUT2D eigenvalue weighted by Gasteiger charge is 2.49. The number of amides is 3. The van der Waals surface area contributed by atoms with E-state index in [1.54, 1.807) is 0 Å². The Kier molecular flexibility index (Phi) is 4.63. The van der Waals surface area contributed by atoms with E-state index in [0.29, 0.717) is 24.6 Å². The van der Waals surface area contributed by atoms with Crippen molar-refractivity contribution in [2.75, 3.05) is 19.6 Å². The Balaban J connectivity index is 1.60. The van der Waals surface area contributed by atoms with Crippen LogP contribution < -0.4 is 10.8 Å². The molecule has 4 N–H and O–H groups in total. The molecule has 3 saturated heterocycles. The van der Waals surface area contributed by atoms with E-state index < -0.39 is 46.6 Å². The Morgan fingerprint density at radius 3 is 2.71 bits per heavy atom. The minimum absolute atomic E-state index is 0.0973. The van der Waals surface area contributed by atoms with Crippen LogP contribution in [0.4, 0.5) is 4.79 Å².